The number of carbonyl (C=O) groups excluding carboxylic acids is 1. The van der Waals surface area contributed by atoms with Gasteiger partial charge in [0, 0.05) is 22.2 Å². The van der Waals surface area contributed by atoms with Crippen LogP contribution in [0.15, 0.2) is 77.9 Å². The van der Waals surface area contributed by atoms with Crippen LogP contribution in [-0.4, -0.2) is 17.0 Å². The average molecular weight is 449 g/mol. The molecule has 0 aliphatic heterocycles. The van der Waals surface area contributed by atoms with Crippen molar-refractivity contribution < 1.29 is 18.8 Å². The Balaban J connectivity index is 1.33. The van der Waals surface area contributed by atoms with Crippen LogP contribution in [0, 0.1) is 15.9 Å². The number of thiophene rings is 1. The molecule has 1 heterocycles. The van der Waals surface area contributed by atoms with E-state index in [-0.39, 0.29) is 11.5 Å². The number of fused-ring (bicyclic) bond motifs is 1. The fraction of sp³-hybridized carbons (Fsp3) is 0.0435. The zero-order valence-corrected chi connectivity index (χ0v) is 17.3. The Morgan fingerprint density at radius 1 is 1.09 bits per heavy atom. The highest BCUT2D eigenvalue weighted by Crippen LogP contribution is 2.28. The maximum atomic E-state index is 12.9. The Morgan fingerprint density at radius 3 is 2.56 bits per heavy atom. The van der Waals surface area contributed by atoms with Gasteiger partial charge in [0.25, 0.3) is 11.6 Å². The second-order valence-corrected chi connectivity index (χ2v) is 7.86. The van der Waals surface area contributed by atoms with Gasteiger partial charge in [-0.1, -0.05) is 12.1 Å². The van der Waals surface area contributed by atoms with Crippen molar-refractivity contribution in [2.75, 3.05) is 0 Å². The standard InChI is InChI=1S/C23H16FN3O4S/c24-18-5-1-16(2-6-18)14-31-20-8-3-15(4-9-20)13-25-26-23(28)22-12-17-11-19(27(29)30)7-10-21(17)32-22/h1-13H,14H2,(H,26,28). The number of carbonyl (C=O) groups is 1. The third-order valence-corrected chi connectivity index (χ3v) is 5.63. The average Bonchev–Trinajstić information content (AvgIpc) is 3.23. The highest BCUT2D eigenvalue weighted by molar-refractivity contribution is 7.20. The third-order valence-electron chi connectivity index (χ3n) is 4.51. The van der Waals surface area contributed by atoms with E-state index in [0.717, 1.165) is 15.8 Å². The van der Waals surface area contributed by atoms with E-state index < -0.39 is 10.8 Å². The predicted octanol–water partition coefficient (Wildman–Crippen LogP) is 5.29. The van der Waals surface area contributed by atoms with Gasteiger partial charge in [-0.15, -0.1) is 11.3 Å². The van der Waals surface area contributed by atoms with E-state index >= 15 is 0 Å². The quantitative estimate of drug-likeness (QED) is 0.236. The van der Waals surface area contributed by atoms with E-state index in [4.69, 9.17) is 4.74 Å². The second-order valence-electron chi connectivity index (χ2n) is 6.77. The van der Waals surface area contributed by atoms with Gasteiger partial charge in [0.15, 0.2) is 0 Å². The van der Waals surface area contributed by atoms with Gasteiger partial charge in [-0.3, -0.25) is 14.9 Å². The monoisotopic (exact) mass is 449 g/mol. The molecular formula is C23H16FN3O4S. The summed E-state index contributed by atoms with van der Waals surface area (Å²) in [7, 11) is 0. The van der Waals surface area contributed by atoms with Crippen LogP contribution < -0.4 is 10.2 Å². The molecule has 3 aromatic carbocycles. The minimum absolute atomic E-state index is 0.0228. The summed E-state index contributed by atoms with van der Waals surface area (Å²) >= 11 is 1.23. The summed E-state index contributed by atoms with van der Waals surface area (Å²) in [5.41, 5.74) is 4.05. The summed E-state index contributed by atoms with van der Waals surface area (Å²) < 4.78 is 19.4. The van der Waals surface area contributed by atoms with E-state index in [1.165, 1.54) is 41.8 Å². The number of halogens is 1. The Bertz CT molecular complexity index is 1300. The lowest BCUT2D eigenvalue weighted by molar-refractivity contribution is -0.384. The van der Waals surface area contributed by atoms with Crippen LogP contribution in [0.3, 0.4) is 0 Å². The van der Waals surface area contributed by atoms with Crippen molar-refractivity contribution in [1.29, 1.82) is 0 Å². The number of nitrogens with one attached hydrogen (secondary N) is 1. The van der Waals surface area contributed by atoms with Crippen molar-refractivity contribution >= 4 is 39.2 Å². The Hall–Kier alpha value is -4.11. The number of rotatable bonds is 7. The molecule has 4 rings (SSSR count). The summed E-state index contributed by atoms with van der Waals surface area (Å²) in [6, 6.07) is 19.3. The van der Waals surface area contributed by atoms with Gasteiger partial charge in [0.2, 0.25) is 0 Å². The van der Waals surface area contributed by atoms with E-state index in [2.05, 4.69) is 10.5 Å². The van der Waals surface area contributed by atoms with Crippen LogP contribution in [0.5, 0.6) is 5.75 Å². The van der Waals surface area contributed by atoms with Gasteiger partial charge in [-0.2, -0.15) is 5.10 Å². The first kappa shape index (κ1) is 21.1. The molecule has 0 bridgehead atoms. The molecule has 0 atom stereocenters. The summed E-state index contributed by atoms with van der Waals surface area (Å²) in [5, 5.41) is 15.5. The first-order chi connectivity index (χ1) is 15.5. The van der Waals surface area contributed by atoms with E-state index in [0.29, 0.717) is 22.6 Å². The largest absolute Gasteiger partial charge is 0.489 e. The first-order valence-corrected chi connectivity index (χ1v) is 10.3. The van der Waals surface area contributed by atoms with Gasteiger partial charge in [-0.05, 0) is 59.7 Å². The smallest absolute Gasteiger partial charge is 0.281 e. The zero-order valence-electron chi connectivity index (χ0n) is 16.5. The molecule has 0 unspecified atom stereocenters. The van der Waals surface area contributed by atoms with Gasteiger partial charge < -0.3 is 4.74 Å². The van der Waals surface area contributed by atoms with E-state index in [1.54, 1.807) is 48.5 Å². The van der Waals surface area contributed by atoms with Crippen LogP contribution in [0.25, 0.3) is 10.1 Å². The number of hydrazone groups is 1. The third kappa shape index (κ3) is 5.13. The normalized spacial score (nSPS) is 11.0. The fourth-order valence-electron chi connectivity index (χ4n) is 2.87. The lowest BCUT2D eigenvalue weighted by Crippen LogP contribution is -2.16. The number of nitro groups is 1. The molecule has 0 spiro atoms. The van der Waals surface area contributed by atoms with Crippen LogP contribution in [0.2, 0.25) is 0 Å². The van der Waals surface area contributed by atoms with Gasteiger partial charge in [0.1, 0.15) is 18.2 Å². The minimum Gasteiger partial charge on any atom is -0.489 e. The summed E-state index contributed by atoms with van der Waals surface area (Å²) in [6.07, 6.45) is 1.50. The summed E-state index contributed by atoms with van der Waals surface area (Å²) in [6.45, 7) is 0.322. The van der Waals surface area contributed by atoms with Gasteiger partial charge >= 0.3 is 0 Å². The molecule has 1 aromatic heterocycles. The van der Waals surface area contributed by atoms with Gasteiger partial charge in [-0.25, -0.2) is 9.82 Å². The number of nitrogens with zero attached hydrogens (tertiary/aromatic N) is 2. The van der Waals surface area contributed by atoms with Crippen molar-refractivity contribution in [3.63, 3.8) is 0 Å². The minimum atomic E-state index is -0.472. The molecule has 4 aromatic rings. The summed E-state index contributed by atoms with van der Waals surface area (Å²) in [5.74, 6) is -0.0416. The molecule has 32 heavy (non-hydrogen) atoms. The highest BCUT2D eigenvalue weighted by atomic mass is 32.1. The number of ether oxygens (including phenoxy) is 1. The van der Waals surface area contributed by atoms with Crippen molar-refractivity contribution in [2.45, 2.75) is 6.61 Å². The van der Waals surface area contributed by atoms with Crippen molar-refractivity contribution in [1.82, 2.24) is 5.43 Å². The lowest BCUT2D eigenvalue weighted by atomic mass is 10.2. The number of benzene rings is 3. The molecule has 1 amide bonds. The van der Waals surface area contributed by atoms with Crippen molar-refractivity contribution in [2.24, 2.45) is 5.10 Å². The number of hydrogen-bond acceptors (Lipinski definition) is 6. The Kier molecular flexibility index (Phi) is 6.18. The molecule has 160 valence electrons. The van der Waals surface area contributed by atoms with Crippen LogP contribution >= 0.6 is 11.3 Å². The van der Waals surface area contributed by atoms with E-state index in [9.17, 15) is 19.3 Å². The molecule has 0 aliphatic carbocycles. The number of nitro benzene ring substituents is 1. The van der Waals surface area contributed by atoms with Crippen molar-refractivity contribution in [3.8, 4) is 5.75 Å². The first-order valence-electron chi connectivity index (χ1n) is 9.47. The molecule has 7 nitrogen and oxygen atoms in total. The highest BCUT2D eigenvalue weighted by Gasteiger charge is 2.12. The maximum Gasteiger partial charge on any atom is 0.281 e. The second kappa shape index (κ2) is 9.36. The SMILES string of the molecule is O=C(NN=Cc1ccc(OCc2ccc(F)cc2)cc1)c1cc2cc([N+](=O)[O-])ccc2s1. The molecule has 0 saturated carbocycles. The summed E-state index contributed by atoms with van der Waals surface area (Å²) in [4.78, 5) is 23.1. The number of hydrogen-bond donors (Lipinski definition) is 1. The maximum absolute atomic E-state index is 12.9. The molecule has 0 aliphatic rings. The Morgan fingerprint density at radius 2 is 1.84 bits per heavy atom. The molecule has 0 saturated heterocycles. The van der Waals surface area contributed by atoms with Crippen LogP contribution in [-0.2, 0) is 6.61 Å². The van der Waals surface area contributed by atoms with Crippen molar-refractivity contribution in [3.05, 3.63) is 105 Å². The molecule has 0 fully saturated rings. The zero-order chi connectivity index (χ0) is 22.5. The molecule has 0 radical (unpaired) electrons. The molecule has 9 heteroatoms. The van der Waals surface area contributed by atoms with E-state index in [1.807, 2.05) is 0 Å². The predicted molar refractivity (Wildman–Crippen MR) is 121 cm³/mol. The van der Waals surface area contributed by atoms with Gasteiger partial charge in [0.05, 0.1) is 16.0 Å². The molecular weight excluding hydrogens is 433 g/mol. The Labute approximate surface area is 185 Å². The fourth-order valence-corrected chi connectivity index (χ4v) is 3.81. The lowest BCUT2D eigenvalue weighted by Gasteiger charge is -2.06. The number of non-ortho nitro benzene ring substituents is 1. The topological polar surface area (TPSA) is 93.8 Å². The number of amides is 1. The van der Waals surface area contributed by atoms with Crippen LogP contribution in [0.1, 0.15) is 20.8 Å². The molecule has 1 N–H and O–H groups in total. The van der Waals surface area contributed by atoms with Crippen LogP contribution in [0.4, 0.5) is 10.1 Å².